The third-order valence-corrected chi connectivity index (χ3v) is 3.86. The summed E-state index contributed by atoms with van der Waals surface area (Å²) in [5.74, 6) is 0.736. The minimum Gasteiger partial charge on any atom is -0.492 e. The van der Waals surface area contributed by atoms with Crippen LogP contribution in [0.5, 0.6) is 5.75 Å². The van der Waals surface area contributed by atoms with Crippen LogP contribution in [0.15, 0.2) is 78.9 Å². The Labute approximate surface area is 148 Å². The lowest BCUT2D eigenvalue weighted by Gasteiger charge is -2.12. The first-order chi connectivity index (χ1) is 12.2. The number of carbonyl (C=O) groups excluding carboxylic acids is 1. The SMILES string of the molecule is Cc1cccc(NC(=O)CCOc2ccccc2-c2ccccc2)c1. The number of anilines is 1. The van der Waals surface area contributed by atoms with Crippen LogP contribution >= 0.6 is 0 Å². The fourth-order valence-electron chi connectivity index (χ4n) is 2.65. The molecule has 0 spiro atoms. The third-order valence-electron chi connectivity index (χ3n) is 3.86. The van der Waals surface area contributed by atoms with Crippen molar-refractivity contribution in [1.29, 1.82) is 0 Å². The predicted molar refractivity (Wildman–Crippen MR) is 102 cm³/mol. The lowest BCUT2D eigenvalue weighted by atomic mass is 10.1. The first-order valence-electron chi connectivity index (χ1n) is 8.36. The molecule has 0 heterocycles. The second kappa shape index (κ2) is 8.15. The number of carbonyl (C=O) groups is 1. The van der Waals surface area contributed by atoms with Crippen LogP contribution in [0.2, 0.25) is 0 Å². The van der Waals surface area contributed by atoms with Crippen molar-refractivity contribution in [1.82, 2.24) is 0 Å². The number of hydrogen-bond acceptors (Lipinski definition) is 2. The zero-order valence-corrected chi connectivity index (χ0v) is 14.2. The lowest BCUT2D eigenvalue weighted by Crippen LogP contribution is -2.15. The maximum Gasteiger partial charge on any atom is 0.227 e. The van der Waals surface area contributed by atoms with Crippen molar-refractivity contribution in [3.63, 3.8) is 0 Å². The summed E-state index contributed by atoms with van der Waals surface area (Å²) < 4.78 is 5.86. The summed E-state index contributed by atoms with van der Waals surface area (Å²) in [6, 6.07) is 25.7. The number of ether oxygens (including phenoxy) is 1. The molecule has 3 aromatic carbocycles. The summed E-state index contributed by atoms with van der Waals surface area (Å²) in [7, 11) is 0. The molecule has 3 nitrogen and oxygen atoms in total. The Morgan fingerprint density at radius 3 is 2.48 bits per heavy atom. The van der Waals surface area contributed by atoms with Crippen LogP contribution in [0.1, 0.15) is 12.0 Å². The van der Waals surface area contributed by atoms with E-state index in [1.165, 1.54) is 0 Å². The van der Waals surface area contributed by atoms with Crippen LogP contribution < -0.4 is 10.1 Å². The molecule has 3 heteroatoms. The zero-order chi connectivity index (χ0) is 17.5. The van der Waals surface area contributed by atoms with Gasteiger partial charge in [0.2, 0.25) is 5.91 Å². The molecule has 25 heavy (non-hydrogen) atoms. The van der Waals surface area contributed by atoms with Gasteiger partial charge in [-0.3, -0.25) is 4.79 Å². The Morgan fingerprint density at radius 1 is 0.920 bits per heavy atom. The normalized spacial score (nSPS) is 10.3. The molecular formula is C22H21NO2. The summed E-state index contributed by atoms with van der Waals surface area (Å²) in [4.78, 5) is 12.1. The minimum absolute atomic E-state index is 0.0530. The molecule has 0 aliphatic heterocycles. The maximum absolute atomic E-state index is 12.1. The van der Waals surface area contributed by atoms with Crippen LogP contribution in [0.25, 0.3) is 11.1 Å². The van der Waals surface area contributed by atoms with E-state index in [9.17, 15) is 4.79 Å². The second-order valence-corrected chi connectivity index (χ2v) is 5.88. The van der Waals surface area contributed by atoms with Gasteiger partial charge in [0, 0.05) is 11.3 Å². The van der Waals surface area contributed by atoms with Crippen LogP contribution in [0.3, 0.4) is 0 Å². The first-order valence-corrected chi connectivity index (χ1v) is 8.36. The monoisotopic (exact) mass is 331 g/mol. The number of nitrogens with one attached hydrogen (secondary N) is 1. The molecule has 1 amide bonds. The molecular weight excluding hydrogens is 310 g/mol. The molecule has 0 aliphatic carbocycles. The molecule has 3 aromatic rings. The van der Waals surface area contributed by atoms with Crippen molar-refractivity contribution >= 4 is 11.6 Å². The van der Waals surface area contributed by atoms with Gasteiger partial charge in [-0.05, 0) is 36.2 Å². The van der Waals surface area contributed by atoms with Gasteiger partial charge in [-0.1, -0.05) is 60.7 Å². The molecule has 0 aromatic heterocycles. The molecule has 0 saturated carbocycles. The topological polar surface area (TPSA) is 38.3 Å². The summed E-state index contributed by atoms with van der Waals surface area (Å²) in [6.07, 6.45) is 0.303. The number of rotatable bonds is 6. The number of benzene rings is 3. The van der Waals surface area contributed by atoms with Gasteiger partial charge in [-0.2, -0.15) is 0 Å². The highest BCUT2D eigenvalue weighted by Gasteiger charge is 2.07. The largest absolute Gasteiger partial charge is 0.492 e. The van der Waals surface area contributed by atoms with E-state index in [2.05, 4.69) is 5.32 Å². The van der Waals surface area contributed by atoms with Crippen molar-refractivity contribution in [2.45, 2.75) is 13.3 Å². The smallest absolute Gasteiger partial charge is 0.227 e. The van der Waals surface area contributed by atoms with Gasteiger partial charge in [0.05, 0.1) is 13.0 Å². The second-order valence-electron chi connectivity index (χ2n) is 5.88. The van der Waals surface area contributed by atoms with E-state index >= 15 is 0 Å². The third kappa shape index (κ3) is 4.70. The van der Waals surface area contributed by atoms with Gasteiger partial charge in [0.1, 0.15) is 5.75 Å². The first kappa shape index (κ1) is 16.8. The van der Waals surface area contributed by atoms with E-state index in [0.29, 0.717) is 13.0 Å². The Hall–Kier alpha value is -3.07. The Bertz CT molecular complexity index is 843. The van der Waals surface area contributed by atoms with Crippen LogP contribution in [-0.4, -0.2) is 12.5 Å². The van der Waals surface area contributed by atoms with E-state index in [1.54, 1.807) is 0 Å². The van der Waals surface area contributed by atoms with Gasteiger partial charge in [0.15, 0.2) is 0 Å². The highest BCUT2D eigenvalue weighted by atomic mass is 16.5. The van der Waals surface area contributed by atoms with Crippen molar-refractivity contribution in [3.05, 3.63) is 84.4 Å². The molecule has 0 atom stereocenters. The quantitative estimate of drug-likeness (QED) is 0.685. The van der Waals surface area contributed by atoms with E-state index in [0.717, 1.165) is 28.1 Å². The molecule has 126 valence electrons. The number of amides is 1. The van der Waals surface area contributed by atoms with Crippen molar-refractivity contribution in [2.75, 3.05) is 11.9 Å². The van der Waals surface area contributed by atoms with Gasteiger partial charge in [0.25, 0.3) is 0 Å². The number of aryl methyl sites for hydroxylation is 1. The van der Waals surface area contributed by atoms with Crippen LogP contribution in [-0.2, 0) is 4.79 Å². The number of hydrogen-bond donors (Lipinski definition) is 1. The lowest BCUT2D eigenvalue weighted by molar-refractivity contribution is -0.116. The Kier molecular flexibility index (Phi) is 5.47. The Morgan fingerprint density at radius 2 is 1.68 bits per heavy atom. The molecule has 0 aliphatic rings. The molecule has 3 rings (SSSR count). The predicted octanol–water partition coefficient (Wildman–Crippen LogP) is 5.07. The van der Waals surface area contributed by atoms with E-state index < -0.39 is 0 Å². The van der Waals surface area contributed by atoms with Gasteiger partial charge >= 0.3 is 0 Å². The van der Waals surface area contributed by atoms with Gasteiger partial charge in [-0.15, -0.1) is 0 Å². The van der Waals surface area contributed by atoms with Gasteiger partial charge in [-0.25, -0.2) is 0 Å². The average Bonchev–Trinajstić information content (AvgIpc) is 2.63. The van der Waals surface area contributed by atoms with Crippen molar-refractivity contribution in [2.24, 2.45) is 0 Å². The van der Waals surface area contributed by atoms with E-state index in [-0.39, 0.29) is 5.91 Å². The fraction of sp³-hybridized carbons (Fsp3) is 0.136. The standard InChI is InChI=1S/C22H21NO2/c1-17-8-7-11-19(16-17)23-22(24)14-15-25-21-13-6-5-12-20(21)18-9-3-2-4-10-18/h2-13,16H,14-15H2,1H3,(H,23,24). The maximum atomic E-state index is 12.1. The van der Waals surface area contributed by atoms with Crippen LogP contribution in [0.4, 0.5) is 5.69 Å². The summed E-state index contributed by atoms with van der Waals surface area (Å²) in [6.45, 7) is 2.33. The molecule has 0 fully saturated rings. The molecule has 0 radical (unpaired) electrons. The average molecular weight is 331 g/mol. The zero-order valence-electron chi connectivity index (χ0n) is 14.2. The molecule has 0 bridgehead atoms. The van der Waals surface area contributed by atoms with E-state index in [4.69, 9.17) is 4.74 Å². The minimum atomic E-state index is -0.0530. The molecule has 1 N–H and O–H groups in total. The molecule has 0 saturated heterocycles. The van der Waals surface area contributed by atoms with E-state index in [1.807, 2.05) is 85.8 Å². The highest BCUT2D eigenvalue weighted by molar-refractivity contribution is 5.90. The van der Waals surface area contributed by atoms with Crippen LogP contribution in [0, 0.1) is 6.92 Å². The summed E-state index contributed by atoms with van der Waals surface area (Å²) in [5.41, 5.74) is 4.06. The Balaban J connectivity index is 1.58. The summed E-state index contributed by atoms with van der Waals surface area (Å²) in [5, 5.41) is 2.90. The molecule has 0 unspecified atom stereocenters. The van der Waals surface area contributed by atoms with Gasteiger partial charge < -0.3 is 10.1 Å². The summed E-state index contributed by atoms with van der Waals surface area (Å²) >= 11 is 0. The fourth-order valence-corrected chi connectivity index (χ4v) is 2.65. The van der Waals surface area contributed by atoms with Crippen molar-refractivity contribution < 1.29 is 9.53 Å². The number of para-hydroxylation sites is 1. The highest BCUT2D eigenvalue weighted by Crippen LogP contribution is 2.29. The van der Waals surface area contributed by atoms with Crippen molar-refractivity contribution in [3.8, 4) is 16.9 Å².